The van der Waals surface area contributed by atoms with Crippen LogP contribution in [-0.2, 0) is 15.9 Å². The van der Waals surface area contributed by atoms with E-state index in [0.717, 1.165) is 4.88 Å². The third-order valence-corrected chi connectivity index (χ3v) is 5.43. The van der Waals surface area contributed by atoms with Gasteiger partial charge in [-0.05, 0) is 12.0 Å². The Bertz CT molecular complexity index is 439. The zero-order chi connectivity index (χ0) is 12.3. The lowest BCUT2D eigenvalue weighted by Gasteiger charge is -2.18. The van der Waals surface area contributed by atoms with Gasteiger partial charge in [-0.2, -0.15) is 0 Å². The number of rotatable bonds is 5. The van der Waals surface area contributed by atoms with E-state index in [1.165, 1.54) is 15.6 Å². The van der Waals surface area contributed by atoms with E-state index in [2.05, 4.69) is 0 Å². The number of alkyl halides is 1. The van der Waals surface area contributed by atoms with Gasteiger partial charge < -0.3 is 0 Å². The second-order valence-electron chi connectivity index (χ2n) is 4.06. The van der Waals surface area contributed by atoms with Crippen LogP contribution >= 0.6 is 22.9 Å². The van der Waals surface area contributed by atoms with Gasteiger partial charge in [0.25, 0.3) is 0 Å². The first-order valence-corrected chi connectivity index (χ1v) is 7.83. The van der Waals surface area contributed by atoms with E-state index in [1.807, 2.05) is 13.8 Å². The summed E-state index contributed by atoms with van der Waals surface area (Å²) >= 11 is 7.03. The largest absolute Gasteiger partial charge is 0.243 e. The highest BCUT2D eigenvalue weighted by atomic mass is 35.5. The number of thiophene rings is 1. The standard InChI is InChI=1S/C10H16ClNO2S2/c1-8(2)6-12(3)16(13,14)10-4-9(5-11)15-7-10/h4,7-8H,5-6H2,1-3H3. The highest BCUT2D eigenvalue weighted by Crippen LogP contribution is 2.23. The molecule has 0 aromatic carbocycles. The summed E-state index contributed by atoms with van der Waals surface area (Å²) in [7, 11) is -1.73. The Balaban J connectivity index is 2.92. The number of hydrogen-bond acceptors (Lipinski definition) is 3. The van der Waals surface area contributed by atoms with Gasteiger partial charge in [0.15, 0.2) is 0 Å². The molecule has 0 radical (unpaired) electrons. The third kappa shape index (κ3) is 3.20. The monoisotopic (exact) mass is 281 g/mol. The maximum absolute atomic E-state index is 12.1. The Hall–Kier alpha value is -0.100. The van der Waals surface area contributed by atoms with Gasteiger partial charge in [0, 0.05) is 23.8 Å². The quantitative estimate of drug-likeness (QED) is 0.778. The predicted octanol–water partition coefficient (Wildman–Crippen LogP) is 2.76. The predicted molar refractivity (Wildman–Crippen MR) is 68.5 cm³/mol. The van der Waals surface area contributed by atoms with Gasteiger partial charge in [0.2, 0.25) is 10.0 Å². The Kier molecular flexibility index (Phi) is 4.79. The van der Waals surface area contributed by atoms with Crippen molar-refractivity contribution in [3.05, 3.63) is 16.3 Å². The van der Waals surface area contributed by atoms with Crippen LogP contribution < -0.4 is 0 Å². The molecule has 0 atom stereocenters. The van der Waals surface area contributed by atoms with Crippen LogP contribution in [0.2, 0.25) is 0 Å². The van der Waals surface area contributed by atoms with E-state index in [1.54, 1.807) is 18.5 Å². The fourth-order valence-corrected chi connectivity index (χ4v) is 4.07. The lowest BCUT2D eigenvalue weighted by atomic mass is 10.2. The summed E-state index contributed by atoms with van der Waals surface area (Å²) in [5.41, 5.74) is 0. The van der Waals surface area contributed by atoms with Crippen molar-refractivity contribution in [3.63, 3.8) is 0 Å². The Morgan fingerprint density at radius 1 is 1.50 bits per heavy atom. The van der Waals surface area contributed by atoms with E-state index in [-0.39, 0.29) is 0 Å². The van der Waals surface area contributed by atoms with Crippen molar-refractivity contribution < 1.29 is 8.42 Å². The molecule has 0 fully saturated rings. The van der Waals surface area contributed by atoms with Gasteiger partial charge in [0.1, 0.15) is 0 Å². The summed E-state index contributed by atoms with van der Waals surface area (Å²) in [5, 5.41) is 1.64. The van der Waals surface area contributed by atoms with Crippen molar-refractivity contribution >= 4 is 33.0 Å². The minimum Gasteiger partial charge on any atom is -0.207 e. The SMILES string of the molecule is CC(C)CN(C)S(=O)(=O)c1csc(CCl)c1. The lowest BCUT2D eigenvalue weighted by Crippen LogP contribution is -2.30. The molecule has 0 aliphatic rings. The summed E-state index contributed by atoms with van der Waals surface area (Å²) in [6.07, 6.45) is 0. The first-order valence-electron chi connectivity index (χ1n) is 4.97. The van der Waals surface area contributed by atoms with Crippen LogP contribution in [-0.4, -0.2) is 26.3 Å². The first-order chi connectivity index (χ1) is 7.37. The Labute approximate surface area is 106 Å². The van der Waals surface area contributed by atoms with Crippen LogP contribution in [0.3, 0.4) is 0 Å². The average Bonchev–Trinajstić information content (AvgIpc) is 2.65. The molecule has 0 unspecified atom stereocenters. The molecule has 0 aliphatic heterocycles. The molecule has 0 saturated heterocycles. The fraction of sp³-hybridized carbons (Fsp3) is 0.600. The molecule has 0 N–H and O–H groups in total. The van der Waals surface area contributed by atoms with Gasteiger partial charge in [-0.25, -0.2) is 12.7 Å². The molecule has 6 heteroatoms. The zero-order valence-corrected chi connectivity index (χ0v) is 12.0. The topological polar surface area (TPSA) is 37.4 Å². The summed E-state index contributed by atoms with van der Waals surface area (Å²) < 4.78 is 25.6. The molecule has 0 saturated carbocycles. The highest BCUT2D eigenvalue weighted by molar-refractivity contribution is 7.89. The molecule has 0 aliphatic carbocycles. The molecule has 16 heavy (non-hydrogen) atoms. The molecule has 1 aromatic heterocycles. The van der Waals surface area contributed by atoms with Crippen LogP contribution in [0.15, 0.2) is 16.3 Å². The van der Waals surface area contributed by atoms with E-state index in [9.17, 15) is 8.42 Å². The van der Waals surface area contributed by atoms with E-state index in [0.29, 0.717) is 23.2 Å². The molecular weight excluding hydrogens is 266 g/mol. The average molecular weight is 282 g/mol. The third-order valence-electron chi connectivity index (χ3n) is 2.09. The van der Waals surface area contributed by atoms with Crippen molar-refractivity contribution in [3.8, 4) is 0 Å². The Morgan fingerprint density at radius 3 is 2.56 bits per heavy atom. The molecule has 0 spiro atoms. The van der Waals surface area contributed by atoms with Crippen molar-refractivity contribution in [2.75, 3.05) is 13.6 Å². The summed E-state index contributed by atoms with van der Waals surface area (Å²) in [5.74, 6) is 0.666. The summed E-state index contributed by atoms with van der Waals surface area (Å²) in [6, 6.07) is 1.64. The molecule has 92 valence electrons. The maximum atomic E-state index is 12.1. The number of sulfonamides is 1. The van der Waals surface area contributed by atoms with E-state index in [4.69, 9.17) is 11.6 Å². The summed E-state index contributed by atoms with van der Waals surface area (Å²) in [4.78, 5) is 1.22. The lowest BCUT2D eigenvalue weighted by molar-refractivity contribution is 0.417. The van der Waals surface area contributed by atoms with Gasteiger partial charge in [0.05, 0.1) is 10.8 Å². The van der Waals surface area contributed by atoms with Gasteiger partial charge in [-0.3, -0.25) is 0 Å². The Morgan fingerprint density at radius 2 is 2.12 bits per heavy atom. The molecule has 1 rings (SSSR count). The minimum absolute atomic E-state index is 0.311. The van der Waals surface area contributed by atoms with Crippen molar-refractivity contribution in [2.24, 2.45) is 5.92 Å². The first kappa shape index (κ1) is 14.0. The number of hydrogen-bond donors (Lipinski definition) is 0. The van der Waals surface area contributed by atoms with E-state index < -0.39 is 10.0 Å². The summed E-state index contributed by atoms with van der Waals surface area (Å²) in [6.45, 7) is 4.50. The normalized spacial score (nSPS) is 12.6. The zero-order valence-electron chi connectivity index (χ0n) is 9.60. The van der Waals surface area contributed by atoms with Gasteiger partial charge in [-0.15, -0.1) is 22.9 Å². The van der Waals surface area contributed by atoms with Crippen LogP contribution in [0.4, 0.5) is 0 Å². The minimum atomic E-state index is -3.34. The highest BCUT2D eigenvalue weighted by Gasteiger charge is 2.22. The second-order valence-corrected chi connectivity index (χ2v) is 7.37. The maximum Gasteiger partial charge on any atom is 0.243 e. The van der Waals surface area contributed by atoms with Crippen LogP contribution in [0.1, 0.15) is 18.7 Å². The molecular formula is C10H16ClNO2S2. The second kappa shape index (κ2) is 5.49. The molecule has 1 aromatic rings. The molecule has 0 bridgehead atoms. The van der Waals surface area contributed by atoms with E-state index >= 15 is 0 Å². The van der Waals surface area contributed by atoms with Crippen molar-refractivity contribution in [1.82, 2.24) is 4.31 Å². The van der Waals surface area contributed by atoms with Crippen molar-refractivity contribution in [1.29, 1.82) is 0 Å². The number of nitrogens with zero attached hydrogens (tertiary/aromatic N) is 1. The smallest absolute Gasteiger partial charge is 0.207 e. The molecule has 1 heterocycles. The van der Waals surface area contributed by atoms with Gasteiger partial charge in [-0.1, -0.05) is 13.8 Å². The number of halogens is 1. The van der Waals surface area contributed by atoms with Crippen LogP contribution in [0.25, 0.3) is 0 Å². The molecule has 3 nitrogen and oxygen atoms in total. The van der Waals surface area contributed by atoms with Crippen LogP contribution in [0, 0.1) is 5.92 Å². The van der Waals surface area contributed by atoms with Crippen molar-refractivity contribution in [2.45, 2.75) is 24.6 Å². The molecule has 0 amide bonds. The van der Waals surface area contributed by atoms with Crippen LogP contribution in [0.5, 0.6) is 0 Å². The van der Waals surface area contributed by atoms with Gasteiger partial charge >= 0.3 is 0 Å². The fourth-order valence-electron chi connectivity index (χ4n) is 1.36.